The molecule has 0 radical (unpaired) electrons. The van der Waals surface area contributed by atoms with Crippen molar-refractivity contribution in [3.63, 3.8) is 0 Å². The summed E-state index contributed by atoms with van der Waals surface area (Å²) in [6.45, 7) is 0.174. The van der Waals surface area contributed by atoms with Crippen LogP contribution in [0, 0.1) is 0 Å². The SMILES string of the molecule is COc1cccc(CNS(=O)(=O)c2cccc3nsnc23)c1. The second kappa shape index (κ2) is 5.99. The molecule has 1 N–H and O–H groups in total. The molecule has 0 amide bonds. The average Bonchev–Trinajstić information content (AvgIpc) is 3.01. The largest absolute Gasteiger partial charge is 0.497 e. The highest BCUT2D eigenvalue weighted by molar-refractivity contribution is 7.89. The van der Waals surface area contributed by atoms with Crippen molar-refractivity contribution in [2.45, 2.75) is 11.4 Å². The van der Waals surface area contributed by atoms with E-state index in [4.69, 9.17) is 4.74 Å². The van der Waals surface area contributed by atoms with Gasteiger partial charge in [0.2, 0.25) is 10.0 Å². The highest BCUT2D eigenvalue weighted by Crippen LogP contribution is 2.21. The Morgan fingerprint density at radius 2 is 2.00 bits per heavy atom. The molecule has 3 rings (SSSR count). The highest BCUT2D eigenvalue weighted by atomic mass is 32.2. The number of nitrogens with one attached hydrogen (secondary N) is 1. The Kier molecular flexibility index (Phi) is 4.06. The van der Waals surface area contributed by atoms with E-state index < -0.39 is 10.0 Å². The van der Waals surface area contributed by atoms with E-state index in [9.17, 15) is 8.42 Å². The van der Waals surface area contributed by atoms with Crippen LogP contribution in [0.1, 0.15) is 5.56 Å². The minimum absolute atomic E-state index is 0.140. The Labute approximate surface area is 132 Å². The molecule has 0 saturated carbocycles. The zero-order valence-corrected chi connectivity index (χ0v) is 13.3. The summed E-state index contributed by atoms with van der Waals surface area (Å²) >= 11 is 0.994. The first-order valence-corrected chi connectivity index (χ1v) is 8.65. The number of hydrogen-bond acceptors (Lipinski definition) is 6. The van der Waals surface area contributed by atoms with Crippen LogP contribution in [0.25, 0.3) is 11.0 Å². The Bertz CT molecular complexity index is 906. The van der Waals surface area contributed by atoms with E-state index in [1.165, 1.54) is 6.07 Å². The van der Waals surface area contributed by atoms with E-state index in [1.807, 2.05) is 12.1 Å². The van der Waals surface area contributed by atoms with Crippen LogP contribution in [-0.2, 0) is 16.6 Å². The van der Waals surface area contributed by atoms with E-state index in [-0.39, 0.29) is 11.4 Å². The van der Waals surface area contributed by atoms with Gasteiger partial charge in [-0.25, -0.2) is 13.1 Å². The quantitative estimate of drug-likeness (QED) is 0.773. The molecule has 0 atom stereocenters. The van der Waals surface area contributed by atoms with Crippen LogP contribution >= 0.6 is 11.7 Å². The predicted molar refractivity (Wildman–Crippen MR) is 84.4 cm³/mol. The van der Waals surface area contributed by atoms with Crippen molar-refractivity contribution in [1.29, 1.82) is 0 Å². The summed E-state index contributed by atoms with van der Waals surface area (Å²) in [6, 6.07) is 12.2. The second-order valence-electron chi connectivity index (χ2n) is 4.56. The normalized spacial score (nSPS) is 11.7. The lowest BCUT2D eigenvalue weighted by Crippen LogP contribution is -2.23. The molecule has 8 heteroatoms. The van der Waals surface area contributed by atoms with Gasteiger partial charge in [0, 0.05) is 6.54 Å². The van der Waals surface area contributed by atoms with Gasteiger partial charge in [0.25, 0.3) is 0 Å². The third kappa shape index (κ3) is 2.94. The third-order valence-corrected chi connectivity index (χ3v) is 5.11. The first-order chi connectivity index (χ1) is 10.6. The smallest absolute Gasteiger partial charge is 0.243 e. The molecular formula is C14H13N3O3S2. The summed E-state index contributed by atoms with van der Waals surface area (Å²) < 4.78 is 40.8. The van der Waals surface area contributed by atoms with E-state index in [2.05, 4.69) is 13.5 Å². The first-order valence-electron chi connectivity index (χ1n) is 6.44. The summed E-state index contributed by atoms with van der Waals surface area (Å²) in [5.74, 6) is 0.683. The maximum atomic E-state index is 12.5. The molecule has 22 heavy (non-hydrogen) atoms. The number of hydrogen-bond donors (Lipinski definition) is 1. The number of fused-ring (bicyclic) bond motifs is 1. The Morgan fingerprint density at radius 3 is 2.82 bits per heavy atom. The molecule has 0 aliphatic heterocycles. The van der Waals surface area contributed by atoms with Gasteiger partial charge in [-0.15, -0.1) is 0 Å². The summed E-state index contributed by atoms with van der Waals surface area (Å²) in [5.41, 5.74) is 1.78. The molecule has 0 aliphatic rings. The number of aromatic nitrogens is 2. The number of rotatable bonds is 5. The van der Waals surface area contributed by atoms with E-state index in [0.29, 0.717) is 16.8 Å². The number of nitrogens with zero attached hydrogens (tertiary/aromatic N) is 2. The van der Waals surface area contributed by atoms with Gasteiger partial charge in [-0.2, -0.15) is 8.75 Å². The van der Waals surface area contributed by atoms with Gasteiger partial charge in [0.05, 0.1) is 18.8 Å². The molecule has 1 aromatic heterocycles. The number of benzene rings is 2. The van der Waals surface area contributed by atoms with Crippen LogP contribution in [-0.4, -0.2) is 24.3 Å². The molecule has 1 heterocycles. The number of sulfonamides is 1. The van der Waals surface area contributed by atoms with Crippen LogP contribution in [0.2, 0.25) is 0 Å². The van der Waals surface area contributed by atoms with Crippen molar-refractivity contribution in [2.24, 2.45) is 0 Å². The van der Waals surface area contributed by atoms with Crippen molar-refractivity contribution in [3.05, 3.63) is 48.0 Å². The van der Waals surface area contributed by atoms with Gasteiger partial charge in [-0.3, -0.25) is 0 Å². The van der Waals surface area contributed by atoms with E-state index in [1.54, 1.807) is 31.4 Å². The molecule has 0 fully saturated rings. The molecule has 0 saturated heterocycles. The minimum Gasteiger partial charge on any atom is -0.497 e. The molecule has 3 aromatic rings. The van der Waals surface area contributed by atoms with Crippen molar-refractivity contribution in [1.82, 2.24) is 13.5 Å². The van der Waals surface area contributed by atoms with Crippen molar-refractivity contribution in [3.8, 4) is 5.75 Å². The zero-order valence-electron chi connectivity index (χ0n) is 11.7. The van der Waals surface area contributed by atoms with Gasteiger partial charge in [-0.1, -0.05) is 18.2 Å². The number of methoxy groups -OCH3 is 1. The van der Waals surface area contributed by atoms with Gasteiger partial charge in [0.15, 0.2) is 0 Å². The molecule has 0 spiro atoms. The van der Waals surface area contributed by atoms with E-state index >= 15 is 0 Å². The minimum atomic E-state index is -3.66. The standard InChI is InChI=1S/C14H13N3O3S2/c1-20-11-5-2-4-10(8-11)9-15-22(18,19)13-7-3-6-12-14(13)17-21-16-12/h2-8,15H,9H2,1H3. The molecule has 6 nitrogen and oxygen atoms in total. The van der Waals surface area contributed by atoms with Gasteiger partial charge >= 0.3 is 0 Å². The van der Waals surface area contributed by atoms with Crippen molar-refractivity contribution < 1.29 is 13.2 Å². The Hall–Kier alpha value is -2.03. The highest BCUT2D eigenvalue weighted by Gasteiger charge is 2.19. The molecule has 114 valence electrons. The lowest BCUT2D eigenvalue weighted by molar-refractivity contribution is 0.414. The maximum absolute atomic E-state index is 12.5. The van der Waals surface area contributed by atoms with Crippen molar-refractivity contribution in [2.75, 3.05) is 7.11 Å². The fourth-order valence-electron chi connectivity index (χ4n) is 2.04. The zero-order chi connectivity index (χ0) is 15.6. The summed E-state index contributed by atoms with van der Waals surface area (Å²) in [7, 11) is -2.09. The number of ether oxygens (including phenoxy) is 1. The van der Waals surface area contributed by atoms with E-state index in [0.717, 1.165) is 17.3 Å². The summed E-state index contributed by atoms with van der Waals surface area (Å²) in [5, 5.41) is 0. The van der Waals surface area contributed by atoms with Crippen molar-refractivity contribution >= 4 is 32.8 Å². The molecular weight excluding hydrogens is 322 g/mol. The Morgan fingerprint density at radius 1 is 1.18 bits per heavy atom. The first kappa shape index (κ1) is 14.9. The average molecular weight is 335 g/mol. The molecule has 0 unspecified atom stereocenters. The van der Waals surface area contributed by atoms with Gasteiger partial charge in [-0.05, 0) is 29.8 Å². The maximum Gasteiger partial charge on any atom is 0.243 e. The fraction of sp³-hybridized carbons (Fsp3) is 0.143. The summed E-state index contributed by atoms with van der Waals surface area (Å²) in [6.07, 6.45) is 0. The fourth-order valence-corrected chi connectivity index (χ4v) is 3.82. The van der Waals surface area contributed by atoms with Crippen LogP contribution in [0.5, 0.6) is 5.75 Å². The summed E-state index contributed by atoms with van der Waals surface area (Å²) in [4.78, 5) is 0.140. The van der Waals surface area contributed by atoms with Crippen LogP contribution < -0.4 is 9.46 Å². The lowest BCUT2D eigenvalue weighted by Gasteiger charge is -2.08. The lowest BCUT2D eigenvalue weighted by atomic mass is 10.2. The van der Waals surface area contributed by atoms with Crippen LogP contribution in [0.15, 0.2) is 47.4 Å². The molecule has 0 aliphatic carbocycles. The topological polar surface area (TPSA) is 81.2 Å². The van der Waals surface area contributed by atoms with Gasteiger partial charge < -0.3 is 4.74 Å². The third-order valence-electron chi connectivity index (χ3n) is 3.14. The molecule has 2 aromatic carbocycles. The Balaban J connectivity index is 1.86. The van der Waals surface area contributed by atoms with Gasteiger partial charge in [0.1, 0.15) is 21.7 Å². The molecule has 0 bridgehead atoms. The van der Waals surface area contributed by atoms with Crippen LogP contribution in [0.4, 0.5) is 0 Å². The monoisotopic (exact) mass is 335 g/mol. The van der Waals surface area contributed by atoms with Crippen LogP contribution in [0.3, 0.4) is 0 Å². The predicted octanol–water partition coefficient (Wildman–Crippen LogP) is 2.18. The second-order valence-corrected chi connectivity index (χ2v) is 6.83.